The number of hydrogen-bond donors (Lipinski definition) is 1. The highest BCUT2D eigenvalue weighted by atomic mass is 32.2. The smallest absolute Gasteiger partial charge is 0.211 e. The molecular weight excluding hydrogens is 354 g/mol. The number of rotatable bonds is 8. The zero-order chi connectivity index (χ0) is 17.8. The molecule has 2 aromatic rings. The summed E-state index contributed by atoms with van der Waals surface area (Å²) in [5, 5.41) is 2.08. The fraction of sp³-hybridized carbons (Fsp3) is 0.474. The predicted molar refractivity (Wildman–Crippen MR) is 103 cm³/mol. The first-order valence-corrected chi connectivity index (χ1v) is 11.2. The Hall–Kier alpha value is -1.37. The fourth-order valence-electron chi connectivity index (χ4n) is 3.51. The monoisotopic (exact) mass is 379 g/mol. The Labute approximate surface area is 154 Å². The highest BCUT2D eigenvalue weighted by Crippen LogP contribution is 2.42. The molecule has 1 fully saturated rings. The molecule has 3 rings (SSSR count). The van der Waals surface area contributed by atoms with Gasteiger partial charge in [-0.1, -0.05) is 31.0 Å². The van der Waals surface area contributed by atoms with Crippen LogP contribution in [0.4, 0.5) is 0 Å². The minimum atomic E-state index is -3.29. The second-order valence-corrected chi connectivity index (χ2v) is 9.58. The van der Waals surface area contributed by atoms with Crippen LogP contribution in [0.2, 0.25) is 0 Å². The van der Waals surface area contributed by atoms with Crippen LogP contribution >= 0.6 is 11.3 Å². The highest BCUT2D eigenvalue weighted by Gasteiger charge is 2.37. The third-order valence-electron chi connectivity index (χ3n) is 5.05. The number of ether oxygens (including phenoxy) is 1. The Morgan fingerprint density at radius 3 is 2.48 bits per heavy atom. The molecule has 25 heavy (non-hydrogen) atoms. The summed E-state index contributed by atoms with van der Waals surface area (Å²) in [5.74, 6) is 0.892. The molecule has 1 aromatic heterocycles. The van der Waals surface area contributed by atoms with Crippen molar-refractivity contribution in [3.05, 3.63) is 52.2 Å². The number of hydrogen-bond acceptors (Lipinski definition) is 4. The lowest BCUT2D eigenvalue weighted by molar-refractivity contribution is 0.414. The Morgan fingerprint density at radius 2 is 1.88 bits per heavy atom. The van der Waals surface area contributed by atoms with Crippen molar-refractivity contribution < 1.29 is 13.2 Å². The van der Waals surface area contributed by atoms with Crippen LogP contribution in [0, 0.1) is 0 Å². The Kier molecular flexibility index (Phi) is 5.81. The molecule has 1 aromatic carbocycles. The zero-order valence-electron chi connectivity index (χ0n) is 14.5. The molecule has 1 aliphatic rings. The highest BCUT2D eigenvalue weighted by molar-refractivity contribution is 7.89. The number of methoxy groups -OCH3 is 1. The van der Waals surface area contributed by atoms with E-state index in [0.29, 0.717) is 13.0 Å². The molecule has 0 unspecified atom stereocenters. The van der Waals surface area contributed by atoms with E-state index in [1.807, 2.05) is 24.3 Å². The quantitative estimate of drug-likeness (QED) is 0.760. The van der Waals surface area contributed by atoms with E-state index < -0.39 is 10.0 Å². The van der Waals surface area contributed by atoms with E-state index in [1.165, 1.54) is 17.7 Å². The predicted octanol–water partition coefficient (Wildman–Crippen LogP) is 3.73. The van der Waals surface area contributed by atoms with E-state index >= 15 is 0 Å². The Balaban J connectivity index is 1.59. The summed E-state index contributed by atoms with van der Waals surface area (Å²) >= 11 is 1.74. The first-order valence-electron chi connectivity index (χ1n) is 8.67. The lowest BCUT2D eigenvalue weighted by atomic mass is 9.85. The van der Waals surface area contributed by atoms with Crippen molar-refractivity contribution in [2.75, 3.05) is 19.4 Å². The summed E-state index contributed by atoms with van der Waals surface area (Å²) in [5.41, 5.74) is 0.987. The van der Waals surface area contributed by atoms with Gasteiger partial charge in [-0.15, -0.1) is 11.3 Å². The van der Waals surface area contributed by atoms with Crippen molar-refractivity contribution in [1.82, 2.24) is 4.72 Å². The summed E-state index contributed by atoms with van der Waals surface area (Å²) in [6.45, 7) is 0.512. The lowest BCUT2D eigenvalue weighted by Crippen LogP contribution is -2.39. The Bertz CT molecular complexity index is 762. The second-order valence-electron chi connectivity index (χ2n) is 6.70. The number of nitrogens with one attached hydrogen (secondary N) is 1. The van der Waals surface area contributed by atoms with E-state index in [9.17, 15) is 8.42 Å². The van der Waals surface area contributed by atoms with Crippen LogP contribution < -0.4 is 9.46 Å². The Morgan fingerprint density at radius 1 is 1.16 bits per heavy atom. The average molecular weight is 380 g/mol. The van der Waals surface area contributed by atoms with E-state index in [2.05, 4.69) is 22.2 Å². The molecule has 1 saturated carbocycles. The summed E-state index contributed by atoms with van der Waals surface area (Å²) in [6.07, 6.45) is 4.98. The van der Waals surface area contributed by atoms with Crippen LogP contribution in [0.25, 0.3) is 0 Å². The van der Waals surface area contributed by atoms with Crippen molar-refractivity contribution in [3.63, 3.8) is 0 Å². The third kappa shape index (κ3) is 4.63. The maximum Gasteiger partial charge on any atom is 0.211 e. The van der Waals surface area contributed by atoms with Crippen molar-refractivity contribution in [2.45, 2.75) is 37.5 Å². The van der Waals surface area contributed by atoms with Gasteiger partial charge in [0.15, 0.2) is 0 Å². The van der Waals surface area contributed by atoms with Gasteiger partial charge in [-0.2, -0.15) is 0 Å². The first-order chi connectivity index (χ1) is 12.0. The molecule has 0 amide bonds. The molecule has 1 N–H and O–H groups in total. The molecule has 1 heterocycles. The van der Waals surface area contributed by atoms with Crippen LogP contribution in [0.15, 0.2) is 41.8 Å². The van der Waals surface area contributed by atoms with Gasteiger partial charge >= 0.3 is 0 Å². The van der Waals surface area contributed by atoms with Gasteiger partial charge in [-0.05, 0) is 48.4 Å². The normalized spacial score (nSPS) is 16.8. The molecule has 0 bridgehead atoms. The van der Waals surface area contributed by atoms with Crippen LogP contribution in [0.1, 0.15) is 36.1 Å². The molecule has 4 nitrogen and oxygen atoms in total. The van der Waals surface area contributed by atoms with Crippen molar-refractivity contribution in [3.8, 4) is 5.75 Å². The summed E-state index contributed by atoms with van der Waals surface area (Å²) < 4.78 is 32.9. The minimum Gasteiger partial charge on any atom is -0.497 e. The molecular formula is C19H25NO3S2. The lowest BCUT2D eigenvalue weighted by Gasteiger charge is -2.28. The van der Waals surface area contributed by atoms with Crippen LogP contribution in [0.3, 0.4) is 0 Å². The van der Waals surface area contributed by atoms with Crippen molar-refractivity contribution >= 4 is 21.4 Å². The van der Waals surface area contributed by atoms with E-state index in [-0.39, 0.29) is 11.2 Å². The molecule has 6 heteroatoms. The largest absolute Gasteiger partial charge is 0.497 e. The summed E-state index contributed by atoms with van der Waals surface area (Å²) in [7, 11) is -1.67. The fourth-order valence-corrected chi connectivity index (χ4v) is 5.64. The molecule has 0 saturated heterocycles. The van der Waals surface area contributed by atoms with Crippen LogP contribution in [0.5, 0.6) is 5.75 Å². The van der Waals surface area contributed by atoms with E-state index in [1.54, 1.807) is 18.4 Å². The number of sulfonamides is 1. The van der Waals surface area contributed by atoms with Gasteiger partial charge in [0.2, 0.25) is 10.0 Å². The number of thiophene rings is 1. The molecule has 0 atom stereocenters. The molecule has 136 valence electrons. The van der Waals surface area contributed by atoms with Crippen LogP contribution in [-0.4, -0.2) is 27.8 Å². The van der Waals surface area contributed by atoms with Crippen molar-refractivity contribution in [1.29, 1.82) is 0 Å². The number of benzene rings is 1. The second kappa shape index (κ2) is 7.89. The SMILES string of the molecule is COc1ccc(CCS(=O)(=O)NCC2(c3cccs3)CCCC2)cc1. The molecule has 1 aliphatic carbocycles. The third-order valence-corrected chi connectivity index (χ3v) is 7.50. The number of aryl methyl sites for hydroxylation is 1. The van der Waals surface area contributed by atoms with Crippen molar-refractivity contribution in [2.24, 2.45) is 0 Å². The standard InChI is InChI=1S/C19H25NO3S2/c1-23-17-8-6-16(7-9-17)10-14-25(21,22)20-15-19(11-2-3-12-19)18-5-4-13-24-18/h4-9,13,20H,2-3,10-12,14-15H2,1H3. The van der Waals surface area contributed by atoms with Crippen LogP contribution in [-0.2, 0) is 21.9 Å². The van der Waals surface area contributed by atoms with Gasteiger partial charge in [0.25, 0.3) is 0 Å². The molecule has 0 aliphatic heterocycles. The topological polar surface area (TPSA) is 55.4 Å². The maximum absolute atomic E-state index is 12.5. The molecule has 0 spiro atoms. The van der Waals surface area contributed by atoms with Gasteiger partial charge in [-0.3, -0.25) is 0 Å². The van der Waals surface area contributed by atoms with Gasteiger partial charge in [-0.25, -0.2) is 13.1 Å². The van der Waals surface area contributed by atoms with E-state index in [4.69, 9.17) is 4.74 Å². The van der Waals surface area contributed by atoms with Gasteiger partial charge in [0, 0.05) is 16.8 Å². The summed E-state index contributed by atoms with van der Waals surface area (Å²) in [4.78, 5) is 1.31. The summed E-state index contributed by atoms with van der Waals surface area (Å²) in [6, 6.07) is 11.7. The first kappa shape index (κ1) is 18.4. The zero-order valence-corrected chi connectivity index (χ0v) is 16.2. The van der Waals surface area contributed by atoms with Gasteiger partial charge in [0.1, 0.15) is 5.75 Å². The van der Waals surface area contributed by atoms with Gasteiger partial charge in [0.05, 0.1) is 12.9 Å². The molecule has 0 radical (unpaired) electrons. The van der Waals surface area contributed by atoms with E-state index in [0.717, 1.165) is 24.2 Å². The average Bonchev–Trinajstić information content (AvgIpc) is 3.31. The maximum atomic E-state index is 12.5. The van der Waals surface area contributed by atoms with Gasteiger partial charge < -0.3 is 4.74 Å². The minimum absolute atomic E-state index is 0.0125.